The summed E-state index contributed by atoms with van der Waals surface area (Å²) in [7, 11) is 0. The number of hydrogen-bond acceptors (Lipinski definition) is 12. The largest absolute Gasteiger partial charge is 0.466 e. The predicted octanol–water partition coefficient (Wildman–Crippen LogP) is 4.77. The highest BCUT2D eigenvalue weighted by atomic mass is 16.7. The standard InChI is InChI=1S/C37H56O12/c1-20(19-45-22(3)38)18-36(43,48-25(6)41)37(44,49-26(7)42)21(2)33-32(47-24(5)40)17-31-29-11-10-27-16-28(46-23(4)39)12-14-34(27,8)30(29)13-15-35(31,33)9/h10,20-21,28-33,43-44H,11-19H2,1-9H3/t20-,21+,28+,29-,30+,31+,32+,33+,34+,35+,36+,37-/m1/s1. The molecule has 0 aromatic rings. The number of fused-ring (bicyclic) bond motifs is 5. The zero-order chi connectivity index (χ0) is 36.7. The molecule has 4 aliphatic carbocycles. The summed E-state index contributed by atoms with van der Waals surface area (Å²) in [5.41, 5.74) is 0.715. The van der Waals surface area contributed by atoms with Gasteiger partial charge in [0.25, 0.3) is 11.6 Å². The van der Waals surface area contributed by atoms with Crippen LogP contribution in [0, 0.1) is 46.3 Å². The van der Waals surface area contributed by atoms with E-state index in [0.29, 0.717) is 18.8 Å². The Morgan fingerprint density at radius 2 is 1.49 bits per heavy atom. The molecule has 4 rings (SSSR count). The molecule has 12 atom stereocenters. The number of rotatable bonds is 11. The lowest BCUT2D eigenvalue weighted by atomic mass is 9.46. The lowest BCUT2D eigenvalue weighted by molar-refractivity contribution is -0.389. The summed E-state index contributed by atoms with van der Waals surface area (Å²) in [5.74, 6) is -10.4. The Kier molecular flexibility index (Phi) is 11.3. The van der Waals surface area contributed by atoms with E-state index in [4.69, 9.17) is 23.7 Å². The van der Waals surface area contributed by atoms with Gasteiger partial charge in [0, 0.05) is 59.3 Å². The van der Waals surface area contributed by atoms with E-state index < -0.39 is 71.1 Å². The lowest BCUT2D eigenvalue weighted by Gasteiger charge is -2.59. The molecular formula is C37H56O12. The number of carbonyl (C=O) groups excluding carboxylic acids is 5. The Bertz CT molecular complexity index is 1340. The van der Waals surface area contributed by atoms with Crippen LogP contribution in [0.4, 0.5) is 0 Å². The van der Waals surface area contributed by atoms with Crippen LogP contribution in [0.15, 0.2) is 11.6 Å². The minimum atomic E-state index is -2.77. The highest BCUT2D eigenvalue weighted by Gasteiger charge is 2.69. The smallest absolute Gasteiger partial charge is 0.305 e. The predicted molar refractivity (Wildman–Crippen MR) is 175 cm³/mol. The maximum atomic E-state index is 12.7. The van der Waals surface area contributed by atoms with Gasteiger partial charge in [0.05, 0.1) is 6.61 Å². The van der Waals surface area contributed by atoms with Gasteiger partial charge in [-0.3, -0.25) is 24.0 Å². The molecule has 0 aromatic heterocycles. The zero-order valence-electron chi connectivity index (χ0n) is 30.5. The van der Waals surface area contributed by atoms with Gasteiger partial charge in [0.15, 0.2) is 0 Å². The van der Waals surface area contributed by atoms with Crippen LogP contribution in [-0.2, 0) is 47.7 Å². The molecule has 2 N–H and O–H groups in total. The lowest BCUT2D eigenvalue weighted by Crippen LogP contribution is -2.66. The second-order valence-electron chi connectivity index (χ2n) is 15.8. The molecule has 12 heteroatoms. The summed E-state index contributed by atoms with van der Waals surface area (Å²) in [6.07, 6.45) is 6.34. The SMILES string of the molecule is CC(=O)OC[C@H](C)C[C@](O)(OC(C)=O)[C@](O)(OC(C)=O)[C@@H](C)[C@H]1[C@@H](OC(C)=O)C[C@H]2[C@@H]3CC=C4C[C@@H](OC(C)=O)CC[C@]4(C)[C@H]3CC[C@]12C. The molecule has 0 heterocycles. The molecule has 3 saturated carbocycles. The van der Waals surface area contributed by atoms with Gasteiger partial charge in [-0.2, -0.15) is 0 Å². The Balaban J connectivity index is 1.74. The van der Waals surface area contributed by atoms with Crippen molar-refractivity contribution >= 4 is 29.8 Å². The van der Waals surface area contributed by atoms with Gasteiger partial charge in [-0.05, 0) is 73.0 Å². The maximum absolute atomic E-state index is 12.7. The van der Waals surface area contributed by atoms with E-state index in [2.05, 4.69) is 19.9 Å². The summed E-state index contributed by atoms with van der Waals surface area (Å²) in [4.78, 5) is 60.9. The van der Waals surface area contributed by atoms with Gasteiger partial charge < -0.3 is 33.9 Å². The monoisotopic (exact) mass is 692 g/mol. The molecule has 276 valence electrons. The van der Waals surface area contributed by atoms with E-state index in [9.17, 15) is 34.2 Å². The Hall–Kier alpha value is -2.99. The second kappa shape index (κ2) is 14.3. The third kappa shape index (κ3) is 7.55. The van der Waals surface area contributed by atoms with E-state index in [0.717, 1.165) is 46.0 Å². The molecule has 0 bridgehead atoms. The van der Waals surface area contributed by atoms with Gasteiger partial charge in [-0.15, -0.1) is 0 Å². The fourth-order valence-electron chi connectivity index (χ4n) is 10.5. The summed E-state index contributed by atoms with van der Waals surface area (Å²) in [6.45, 7) is 13.7. The molecular weight excluding hydrogens is 636 g/mol. The van der Waals surface area contributed by atoms with Crippen LogP contribution in [-0.4, -0.2) is 70.4 Å². The fourth-order valence-corrected chi connectivity index (χ4v) is 10.5. The van der Waals surface area contributed by atoms with Gasteiger partial charge in [0.1, 0.15) is 12.2 Å². The average molecular weight is 693 g/mol. The fraction of sp³-hybridized carbons (Fsp3) is 0.811. The second-order valence-corrected chi connectivity index (χ2v) is 15.8. The van der Waals surface area contributed by atoms with Crippen molar-refractivity contribution < 1.29 is 57.9 Å². The zero-order valence-corrected chi connectivity index (χ0v) is 30.5. The summed E-state index contributed by atoms with van der Waals surface area (Å²) >= 11 is 0. The van der Waals surface area contributed by atoms with Crippen molar-refractivity contribution in [2.45, 2.75) is 137 Å². The molecule has 0 radical (unpaired) electrons. The maximum Gasteiger partial charge on any atom is 0.305 e. The summed E-state index contributed by atoms with van der Waals surface area (Å²) in [5, 5.41) is 24.6. The molecule has 49 heavy (non-hydrogen) atoms. The first-order valence-corrected chi connectivity index (χ1v) is 17.7. The number of aliphatic hydroxyl groups is 2. The van der Waals surface area contributed by atoms with Gasteiger partial charge in [-0.25, -0.2) is 0 Å². The minimum absolute atomic E-state index is 0.0511. The third-order valence-corrected chi connectivity index (χ3v) is 12.3. The van der Waals surface area contributed by atoms with Gasteiger partial charge >= 0.3 is 29.8 Å². The molecule has 4 aliphatic rings. The average Bonchev–Trinajstić information content (AvgIpc) is 3.25. The van der Waals surface area contributed by atoms with Gasteiger partial charge in [-0.1, -0.05) is 39.3 Å². The molecule has 0 aromatic carbocycles. The van der Waals surface area contributed by atoms with Crippen molar-refractivity contribution in [1.82, 2.24) is 0 Å². The van der Waals surface area contributed by atoms with Crippen molar-refractivity contribution in [3.63, 3.8) is 0 Å². The molecule has 0 spiro atoms. The molecule has 3 fully saturated rings. The highest BCUT2D eigenvalue weighted by Crippen LogP contribution is 2.68. The van der Waals surface area contributed by atoms with Crippen LogP contribution in [0.3, 0.4) is 0 Å². The van der Waals surface area contributed by atoms with Crippen LogP contribution in [0.5, 0.6) is 0 Å². The number of ether oxygens (including phenoxy) is 5. The Morgan fingerprint density at radius 1 is 0.857 bits per heavy atom. The Morgan fingerprint density at radius 3 is 2.06 bits per heavy atom. The van der Waals surface area contributed by atoms with Crippen molar-refractivity contribution in [1.29, 1.82) is 0 Å². The molecule has 0 amide bonds. The first kappa shape index (κ1) is 38.8. The van der Waals surface area contributed by atoms with Gasteiger partial charge in [0.2, 0.25) is 0 Å². The van der Waals surface area contributed by atoms with Crippen LogP contribution < -0.4 is 0 Å². The quantitative estimate of drug-likeness (QED) is 0.132. The number of esters is 5. The van der Waals surface area contributed by atoms with E-state index in [1.165, 1.54) is 26.3 Å². The summed E-state index contributed by atoms with van der Waals surface area (Å²) < 4.78 is 27.8. The van der Waals surface area contributed by atoms with E-state index in [-0.39, 0.29) is 35.9 Å². The topological polar surface area (TPSA) is 172 Å². The summed E-state index contributed by atoms with van der Waals surface area (Å²) in [6, 6.07) is 0. The molecule has 12 nitrogen and oxygen atoms in total. The van der Waals surface area contributed by atoms with E-state index in [1.54, 1.807) is 13.8 Å². The normalized spacial score (nSPS) is 35.7. The minimum Gasteiger partial charge on any atom is -0.466 e. The number of hydrogen-bond donors (Lipinski definition) is 2. The number of allylic oxidation sites excluding steroid dienone is 1. The molecule has 0 saturated heterocycles. The van der Waals surface area contributed by atoms with Crippen LogP contribution in [0.25, 0.3) is 0 Å². The first-order valence-electron chi connectivity index (χ1n) is 17.7. The highest BCUT2D eigenvalue weighted by molar-refractivity contribution is 5.68. The van der Waals surface area contributed by atoms with Crippen molar-refractivity contribution in [2.24, 2.45) is 46.3 Å². The van der Waals surface area contributed by atoms with Crippen LogP contribution in [0.2, 0.25) is 0 Å². The molecule has 0 unspecified atom stereocenters. The van der Waals surface area contributed by atoms with Crippen LogP contribution >= 0.6 is 0 Å². The third-order valence-electron chi connectivity index (χ3n) is 12.3. The first-order chi connectivity index (χ1) is 22.7. The van der Waals surface area contributed by atoms with Crippen molar-refractivity contribution in [2.75, 3.05) is 6.61 Å². The van der Waals surface area contributed by atoms with E-state index in [1.807, 2.05) is 0 Å². The van der Waals surface area contributed by atoms with Crippen molar-refractivity contribution in [3.8, 4) is 0 Å². The van der Waals surface area contributed by atoms with Crippen molar-refractivity contribution in [3.05, 3.63) is 11.6 Å². The Labute approximate surface area is 289 Å². The number of carbonyl (C=O) groups is 5. The van der Waals surface area contributed by atoms with E-state index >= 15 is 0 Å². The van der Waals surface area contributed by atoms with Crippen LogP contribution in [0.1, 0.15) is 114 Å². The molecule has 0 aliphatic heterocycles.